The number of pyridine rings is 1. The van der Waals surface area contributed by atoms with E-state index in [4.69, 9.17) is 9.47 Å². The predicted octanol–water partition coefficient (Wildman–Crippen LogP) is 4.19. The van der Waals surface area contributed by atoms with Crippen LogP contribution in [-0.4, -0.2) is 48.3 Å². The monoisotopic (exact) mass is 438 g/mol. The number of nitrogens with zero attached hydrogens (tertiary/aromatic N) is 2. The molecule has 4 heterocycles. The second kappa shape index (κ2) is 8.78. The minimum atomic E-state index is -0.402. The number of ether oxygens (including phenoxy) is 2. The Morgan fingerprint density at radius 3 is 3.12 bits per heavy atom. The molecule has 7 nitrogen and oxygen atoms in total. The molecule has 0 saturated carbocycles. The molecule has 32 heavy (non-hydrogen) atoms. The molecule has 0 radical (unpaired) electrons. The molecule has 3 aliphatic heterocycles. The average Bonchev–Trinajstić information content (AvgIpc) is 3.28. The van der Waals surface area contributed by atoms with E-state index in [1.165, 1.54) is 6.07 Å². The summed E-state index contributed by atoms with van der Waals surface area (Å²) in [6.45, 7) is 4.03. The normalized spacial score (nSPS) is 22.1. The highest BCUT2D eigenvalue weighted by Crippen LogP contribution is 2.41. The molecule has 0 spiro atoms. The van der Waals surface area contributed by atoms with Gasteiger partial charge in [-0.05, 0) is 56.5 Å². The number of hydrogen-bond acceptors (Lipinski definition) is 7. The maximum atomic E-state index is 14.2. The fourth-order valence-electron chi connectivity index (χ4n) is 4.75. The lowest BCUT2D eigenvalue weighted by Crippen LogP contribution is -2.40. The Morgan fingerprint density at radius 2 is 2.25 bits per heavy atom. The summed E-state index contributed by atoms with van der Waals surface area (Å²) < 4.78 is 25.5. The van der Waals surface area contributed by atoms with Crippen LogP contribution < -0.4 is 15.4 Å². The SMILES string of the molecule is CCOC(=O)c1cnc2c3c1NCCCOc1ccc(F)cc1[C@H]1CCCN1C(C=C2)N3. The molecule has 1 aromatic carbocycles. The van der Waals surface area contributed by atoms with Gasteiger partial charge in [0.05, 0.1) is 36.4 Å². The molecule has 1 aromatic heterocycles. The van der Waals surface area contributed by atoms with Crippen molar-refractivity contribution >= 4 is 23.4 Å². The van der Waals surface area contributed by atoms with Crippen LogP contribution in [0.3, 0.4) is 0 Å². The van der Waals surface area contributed by atoms with E-state index in [0.717, 1.165) is 42.1 Å². The molecule has 8 heteroatoms. The second-order valence-corrected chi connectivity index (χ2v) is 8.18. The Labute approximate surface area is 186 Å². The van der Waals surface area contributed by atoms with Gasteiger partial charge < -0.3 is 20.1 Å². The number of halogens is 1. The molecular formula is C24H27FN4O3. The van der Waals surface area contributed by atoms with Gasteiger partial charge in [-0.2, -0.15) is 0 Å². The highest BCUT2D eigenvalue weighted by atomic mass is 19.1. The smallest absolute Gasteiger partial charge is 0.341 e. The van der Waals surface area contributed by atoms with Gasteiger partial charge >= 0.3 is 5.97 Å². The van der Waals surface area contributed by atoms with Gasteiger partial charge in [0.2, 0.25) is 0 Å². The third-order valence-corrected chi connectivity index (χ3v) is 6.19. The van der Waals surface area contributed by atoms with Gasteiger partial charge in [-0.3, -0.25) is 9.88 Å². The fourth-order valence-corrected chi connectivity index (χ4v) is 4.75. The summed E-state index contributed by atoms with van der Waals surface area (Å²) in [7, 11) is 0. The summed E-state index contributed by atoms with van der Waals surface area (Å²) >= 11 is 0. The summed E-state index contributed by atoms with van der Waals surface area (Å²) in [5.41, 5.74) is 3.54. The van der Waals surface area contributed by atoms with Crippen LogP contribution in [0.1, 0.15) is 53.8 Å². The highest BCUT2D eigenvalue weighted by Gasteiger charge is 2.35. The van der Waals surface area contributed by atoms with Crippen molar-refractivity contribution in [3.8, 4) is 5.75 Å². The van der Waals surface area contributed by atoms with Gasteiger partial charge in [-0.25, -0.2) is 9.18 Å². The van der Waals surface area contributed by atoms with Gasteiger partial charge in [0, 0.05) is 30.9 Å². The maximum absolute atomic E-state index is 14.2. The molecule has 168 valence electrons. The molecule has 0 aliphatic carbocycles. The van der Waals surface area contributed by atoms with Gasteiger partial charge in [0.15, 0.2) is 0 Å². The van der Waals surface area contributed by atoms with Crippen LogP contribution in [0.4, 0.5) is 15.8 Å². The number of anilines is 2. The van der Waals surface area contributed by atoms with E-state index in [9.17, 15) is 9.18 Å². The standard InChI is InChI=1S/C24H27FN4O3/c1-2-31-24(30)17-14-27-18-7-9-21-28-23(18)22(17)26-10-4-12-32-20-8-6-15(25)13-16(20)19-5-3-11-29(19)21/h6-9,13-14,19,21,26,28H,2-5,10-12H2,1H3/t19-,21?/m1/s1. The minimum absolute atomic E-state index is 0.0303. The minimum Gasteiger partial charge on any atom is -0.493 e. The summed E-state index contributed by atoms with van der Waals surface area (Å²) in [6.07, 6.45) is 8.14. The zero-order chi connectivity index (χ0) is 22.1. The van der Waals surface area contributed by atoms with Crippen molar-refractivity contribution in [3.05, 3.63) is 53.1 Å². The van der Waals surface area contributed by atoms with Crippen molar-refractivity contribution < 1.29 is 18.7 Å². The zero-order valence-electron chi connectivity index (χ0n) is 18.1. The van der Waals surface area contributed by atoms with E-state index < -0.39 is 5.97 Å². The van der Waals surface area contributed by atoms with Crippen LogP contribution in [0.15, 0.2) is 30.5 Å². The van der Waals surface area contributed by atoms with Gasteiger partial charge in [-0.1, -0.05) is 0 Å². The van der Waals surface area contributed by atoms with Crippen LogP contribution in [0.5, 0.6) is 5.75 Å². The number of rotatable bonds is 2. The first-order valence-corrected chi connectivity index (χ1v) is 11.2. The molecule has 2 aromatic rings. The Balaban J connectivity index is 1.57. The molecular weight excluding hydrogens is 411 g/mol. The number of nitrogens with one attached hydrogen (secondary N) is 2. The Morgan fingerprint density at radius 1 is 1.34 bits per heavy atom. The second-order valence-electron chi connectivity index (χ2n) is 8.18. The van der Waals surface area contributed by atoms with Crippen LogP contribution in [-0.2, 0) is 4.74 Å². The van der Waals surface area contributed by atoms with Crippen molar-refractivity contribution in [2.24, 2.45) is 0 Å². The Hall–Kier alpha value is -3.13. The summed E-state index contributed by atoms with van der Waals surface area (Å²) in [5.74, 6) is 0.0726. The topological polar surface area (TPSA) is 75.7 Å². The fraction of sp³-hybridized carbons (Fsp3) is 0.417. The van der Waals surface area contributed by atoms with E-state index in [1.807, 2.05) is 6.08 Å². The quantitative estimate of drug-likeness (QED) is 0.681. The van der Waals surface area contributed by atoms with E-state index in [1.54, 1.807) is 25.3 Å². The molecule has 2 bridgehead atoms. The average molecular weight is 439 g/mol. The van der Waals surface area contributed by atoms with Gasteiger partial charge in [-0.15, -0.1) is 0 Å². The Bertz CT molecular complexity index is 1060. The predicted molar refractivity (Wildman–Crippen MR) is 120 cm³/mol. The third kappa shape index (κ3) is 3.79. The van der Waals surface area contributed by atoms with E-state index in [2.05, 4.69) is 26.6 Å². The van der Waals surface area contributed by atoms with Crippen molar-refractivity contribution in [1.29, 1.82) is 0 Å². The van der Waals surface area contributed by atoms with Gasteiger partial charge in [0.25, 0.3) is 0 Å². The van der Waals surface area contributed by atoms with E-state index >= 15 is 0 Å². The summed E-state index contributed by atoms with van der Waals surface area (Å²) in [4.78, 5) is 19.4. The third-order valence-electron chi connectivity index (χ3n) is 6.19. The van der Waals surface area contributed by atoms with Crippen molar-refractivity contribution in [2.75, 3.05) is 36.9 Å². The molecule has 2 atom stereocenters. The lowest BCUT2D eigenvalue weighted by Gasteiger charge is -2.35. The van der Waals surface area contributed by atoms with Gasteiger partial charge in [0.1, 0.15) is 17.1 Å². The number of aromatic nitrogens is 1. The number of fused-ring (bicyclic) bond motifs is 5. The van der Waals surface area contributed by atoms with Crippen LogP contribution in [0.25, 0.3) is 6.08 Å². The van der Waals surface area contributed by atoms with Crippen LogP contribution in [0.2, 0.25) is 0 Å². The first kappa shape index (κ1) is 20.8. The highest BCUT2D eigenvalue weighted by molar-refractivity contribution is 6.00. The van der Waals surface area contributed by atoms with E-state index in [-0.39, 0.29) is 18.0 Å². The number of benzene rings is 1. The maximum Gasteiger partial charge on any atom is 0.341 e. The molecule has 1 fully saturated rings. The summed E-state index contributed by atoms with van der Waals surface area (Å²) in [6, 6.07) is 4.81. The van der Waals surface area contributed by atoms with Crippen molar-refractivity contribution in [3.63, 3.8) is 0 Å². The number of carbonyl (C=O) groups is 1. The summed E-state index contributed by atoms with van der Waals surface area (Å²) in [5, 5.41) is 6.98. The lowest BCUT2D eigenvalue weighted by atomic mass is 10.0. The van der Waals surface area contributed by atoms with E-state index in [0.29, 0.717) is 37.4 Å². The Kier molecular flexibility index (Phi) is 5.70. The first-order valence-electron chi connectivity index (χ1n) is 11.2. The van der Waals surface area contributed by atoms with Crippen molar-refractivity contribution in [1.82, 2.24) is 9.88 Å². The number of esters is 1. The zero-order valence-corrected chi connectivity index (χ0v) is 18.1. The largest absolute Gasteiger partial charge is 0.493 e. The van der Waals surface area contributed by atoms with Crippen LogP contribution in [0, 0.1) is 5.82 Å². The molecule has 0 amide bonds. The molecule has 2 N–H and O–H groups in total. The number of hydrogen-bond donors (Lipinski definition) is 2. The molecule has 5 rings (SSSR count). The number of carbonyl (C=O) groups excluding carboxylic acids is 1. The molecule has 1 unspecified atom stereocenters. The van der Waals surface area contributed by atoms with Crippen LogP contribution >= 0.6 is 0 Å². The molecule has 1 saturated heterocycles. The van der Waals surface area contributed by atoms with Crippen molar-refractivity contribution in [2.45, 2.75) is 38.4 Å². The first-order chi connectivity index (χ1) is 15.7. The molecule has 3 aliphatic rings. The lowest BCUT2D eigenvalue weighted by molar-refractivity contribution is 0.0527.